The maximum absolute atomic E-state index is 13.4. The normalized spacial score (nSPS) is 10.9. The molecule has 25 heavy (non-hydrogen) atoms. The Morgan fingerprint density at radius 3 is 2.56 bits per heavy atom. The molecular formula is C20H22FN3O. The molecule has 0 aliphatic heterocycles. The lowest BCUT2D eigenvalue weighted by Crippen LogP contribution is -2.27. The molecule has 4 nitrogen and oxygen atoms in total. The van der Waals surface area contributed by atoms with Crippen molar-refractivity contribution in [2.24, 2.45) is 5.41 Å². The zero-order valence-electron chi connectivity index (χ0n) is 14.9. The van der Waals surface area contributed by atoms with Crippen molar-refractivity contribution in [1.29, 1.82) is 5.26 Å². The van der Waals surface area contributed by atoms with Crippen LogP contribution in [0.2, 0.25) is 0 Å². The van der Waals surface area contributed by atoms with Gasteiger partial charge in [-0.3, -0.25) is 4.79 Å². The summed E-state index contributed by atoms with van der Waals surface area (Å²) in [4.78, 5) is 12.2. The molecule has 0 saturated heterocycles. The van der Waals surface area contributed by atoms with Gasteiger partial charge >= 0.3 is 0 Å². The Bertz CT molecular complexity index is 832. The Morgan fingerprint density at radius 2 is 1.92 bits per heavy atom. The van der Waals surface area contributed by atoms with E-state index in [1.807, 2.05) is 52.0 Å². The molecule has 0 atom stereocenters. The van der Waals surface area contributed by atoms with Gasteiger partial charge in [-0.2, -0.15) is 5.26 Å². The van der Waals surface area contributed by atoms with Crippen molar-refractivity contribution in [3.8, 4) is 6.07 Å². The van der Waals surface area contributed by atoms with E-state index >= 15 is 0 Å². The lowest BCUT2D eigenvalue weighted by Gasteiger charge is -2.19. The van der Waals surface area contributed by atoms with Crippen LogP contribution in [0.1, 0.15) is 37.5 Å². The van der Waals surface area contributed by atoms with Gasteiger partial charge in [0, 0.05) is 23.3 Å². The van der Waals surface area contributed by atoms with E-state index in [1.165, 1.54) is 12.1 Å². The monoisotopic (exact) mass is 339 g/mol. The van der Waals surface area contributed by atoms with Gasteiger partial charge in [0.2, 0.25) is 5.91 Å². The number of carbonyl (C=O) groups excluding carboxylic acids is 1. The van der Waals surface area contributed by atoms with Gasteiger partial charge in [-0.25, -0.2) is 4.39 Å². The molecule has 0 aromatic heterocycles. The summed E-state index contributed by atoms with van der Waals surface area (Å²) in [5, 5.41) is 15.1. The molecule has 0 heterocycles. The van der Waals surface area contributed by atoms with Gasteiger partial charge in [-0.15, -0.1) is 0 Å². The second kappa shape index (κ2) is 7.35. The second-order valence-electron chi connectivity index (χ2n) is 7.01. The molecule has 0 fully saturated rings. The fourth-order valence-corrected chi connectivity index (χ4v) is 2.15. The van der Waals surface area contributed by atoms with Crippen molar-refractivity contribution in [3.63, 3.8) is 0 Å². The van der Waals surface area contributed by atoms with Crippen LogP contribution >= 0.6 is 0 Å². The third kappa shape index (κ3) is 4.80. The lowest BCUT2D eigenvalue weighted by molar-refractivity contribution is -0.123. The largest absolute Gasteiger partial charge is 0.381 e. The summed E-state index contributed by atoms with van der Waals surface area (Å²) in [7, 11) is 0. The van der Waals surface area contributed by atoms with E-state index in [9.17, 15) is 9.18 Å². The van der Waals surface area contributed by atoms with Crippen molar-refractivity contribution in [3.05, 3.63) is 58.9 Å². The van der Waals surface area contributed by atoms with Gasteiger partial charge in [-0.1, -0.05) is 32.9 Å². The van der Waals surface area contributed by atoms with Crippen LogP contribution in [0.15, 0.2) is 36.4 Å². The van der Waals surface area contributed by atoms with Crippen molar-refractivity contribution < 1.29 is 9.18 Å². The van der Waals surface area contributed by atoms with E-state index in [2.05, 4.69) is 10.6 Å². The average Bonchev–Trinajstić information content (AvgIpc) is 2.55. The van der Waals surface area contributed by atoms with E-state index in [0.717, 1.165) is 22.5 Å². The number of nitriles is 1. The van der Waals surface area contributed by atoms with Crippen LogP contribution in [0.3, 0.4) is 0 Å². The number of nitrogens with one attached hydrogen (secondary N) is 2. The van der Waals surface area contributed by atoms with Crippen LogP contribution in [0.5, 0.6) is 0 Å². The van der Waals surface area contributed by atoms with Crippen molar-refractivity contribution in [2.45, 2.75) is 34.2 Å². The summed E-state index contributed by atoms with van der Waals surface area (Å²) >= 11 is 0. The minimum absolute atomic E-state index is 0.0290. The highest BCUT2D eigenvalue weighted by Crippen LogP contribution is 2.24. The van der Waals surface area contributed by atoms with E-state index in [0.29, 0.717) is 6.54 Å². The molecule has 0 bridgehead atoms. The van der Waals surface area contributed by atoms with Crippen LogP contribution in [-0.4, -0.2) is 5.91 Å². The third-order valence-electron chi connectivity index (χ3n) is 3.81. The molecule has 2 rings (SSSR count). The van der Waals surface area contributed by atoms with Crippen molar-refractivity contribution in [1.82, 2.24) is 0 Å². The van der Waals surface area contributed by atoms with Gasteiger partial charge in [-0.05, 0) is 42.3 Å². The Hall–Kier alpha value is -2.87. The summed E-state index contributed by atoms with van der Waals surface area (Å²) in [5.74, 6) is -0.571. The van der Waals surface area contributed by atoms with Gasteiger partial charge < -0.3 is 10.6 Å². The maximum atomic E-state index is 13.4. The van der Waals surface area contributed by atoms with Crippen LogP contribution in [0, 0.1) is 29.5 Å². The van der Waals surface area contributed by atoms with Gasteiger partial charge in [0.15, 0.2) is 0 Å². The zero-order valence-corrected chi connectivity index (χ0v) is 14.9. The van der Waals surface area contributed by atoms with E-state index in [-0.39, 0.29) is 11.5 Å². The highest BCUT2D eigenvalue weighted by Gasteiger charge is 2.21. The standard InChI is InChI=1S/C20H22FN3O/c1-13-5-7-16(10-18(13)24-19(25)20(2,3)4)23-12-14-6-8-17(21)15(9-14)11-22/h5-10,23H,12H2,1-4H3,(H,24,25). The quantitative estimate of drug-likeness (QED) is 0.855. The summed E-state index contributed by atoms with van der Waals surface area (Å²) < 4.78 is 13.4. The fraction of sp³-hybridized carbons (Fsp3) is 0.300. The summed E-state index contributed by atoms with van der Waals surface area (Å²) in [5.41, 5.74) is 2.91. The summed E-state index contributed by atoms with van der Waals surface area (Å²) in [6, 6.07) is 12.0. The molecule has 0 radical (unpaired) electrons. The van der Waals surface area contributed by atoms with Gasteiger partial charge in [0.25, 0.3) is 0 Å². The molecule has 0 unspecified atom stereocenters. The molecule has 0 saturated carbocycles. The number of nitrogens with zero attached hydrogens (tertiary/aromatic N) is 1. The predicted octanol–water partition coefficient (Wildman–Crippen LogP) is 4.60. The molecule has 2 aromatic rings. The first-order valence-electron chi connectivity index (χ1n) is 8.05. The van der Waals surface area contributed by atoms with Gasteiger partial charge in [0.05, 0.1) is 5.56 Å². The number of halogens is 1. The molecule has 0 aliphatic carbocycles. The zero-order chi connectivity index (χ0) is 18.6. The first kappa shape index (κ1) is 18.5. The SMILES string of the molecule is Cc1ccc(NCc2ccc(F)c(C#N)c2)cc1NC(=O)C(C)(C)C. The van der Waals surface area contributed by atoms with Crippen molar-refractivity contribution >= 4 is 17.3 Å². The molecule has 130 valence electrons. The number of hydrogen-bond acceptors (Lipinski definition) is 3. The fourth-order valence-electron chi connectivity index (χ4n) is 2.15. The van der Waals surface area contributed by atoms with Gasteiger partial charge in [0.1, 0.15) is 11.9 Å². The third-order valence-corrected chi connectivity index (χ3v) is 3.81. The Labute approximate surface area is 147 Å². The number of carbonyl (C=O) groups is 1. The first-order valence-corrected chi connectivity index (χ1v) is 8.05. The Morgan fingerprint density at radius 1 is 1.20 bits per heavy atom. The molecule has 0 spiro atoms. The molecular weight excluding hydrogens is 317 g/mol. The number of rotatable bonds is 4. The van der Waals surface area contributed by atoms with E-state index in [1.54, 1.807) is 6.07 Å². The summed E-state index contributed by atoms with van der Waals surface area (Å²) in [6.07, 6.45) is 0. The number of anilines is 2. The maximum Gasteiger partial charge on any atom is 0.229 e. The minimum Gasteiger partial charge on any atom is -0.381 e. The smallest absolute Gasteiger partial charge is 0.229 e. The van der Waals surface area contributed by atoms with E-state index in [4.69, 9.17) is 5.26 Å². The average molecular weight is 339 g/mol. The second-order valence-corrected chi connectivity index (χ2v) is 7.01. The Balaban J connectivity index is 2.12. The number of hydrogen-bond donors (Lipinski definition) is 2. The minimum atomic E-state index is -0.520. The summed E-state index contributed by atoms with van der Waals surface area (Å²) in [6.45, 7) is 7.97. The molecule has 2 aromatic carbocycles. The first-order chi connectivity index (χ1) is 11.7. The van der Waals surface area contributed by atoms with E-state index < -0.39 is 11.2 Å². The highest BCUT2D eigenvalue weighted by molar-refractivity contribution is 5.95. The van der Waals surface area contributed by atoms with Crippen molar-refractivity contribution in [2.75, 3.05) is 10.6 Å². The molecule has 2 N–H and O–H groups in total. The van der Waals surface area contributed by atoms with Crippen LogP contribution in [0.4, 0.5) is 15.8 Å². The molecule has 0 aliphatic rings. The Kier molecular flexibility index (Phi) is 5.43. The topological polar surface area (TPSA) is 64.9 Å². The number of aryl methyl sites for hydroxylation is 1. The van der Waals surface area contributed by atoms with Crippen LogP contribution in [-0.2, 0) is 11.3 Å². The molecule has 5 heteroatoms. The van der Waals surface area contributed by atoms with Crippen LogP contribution < -0.4 is 10.6 Å². The number of amides is 1. The number of benzene rings is 2. The highest BCUT2D eigenvalue weighted by atomic mass is 19.1. The predicted molar refractivity (Wildman–Crippen MR) is 97.7 cm³/mol. The lowest BCUT2D eigenvalue weighted by atomic mass is 9.95. The molecule has 1 amide bonds. The van der Waals surface area contributed by atoms with Crippen LogP contribution in [0.25, 0.3) is 0 Å².